The Bertz CT molecular complexity index is 1220. The van der Waals surface area contributed by atoms with Gasteiger partial charge in [0.05, 0.1) is 29.4 Å². The monoisotopic (exact) mass is 473 g/mol. The molecule has 1 aliphatic heterocycles. The lowest BCUT2D eigenvalue weighted by atomic mass is 10.2. The first-order chi connectivity index (χ1) is 15.4. The second-order valence-corrected chi connectivity index (χ2v) is 9.18. The van der Waals surface area contributed by atoms with Crippen molar-refractivity contribution >= 4 is 33.2 Å². The Morgan fingerprint density at radius 1 is 1.06 bits per heavy atom. The van der Waals surface area contributed by atoms with Gasteiger partial charge in [-0.1, -0.05) is 29.8 Å². The molecule has 4 rings (SSSR count). The number of halogens is 1. The Balaban J connectivity index is 1.70. The van der Waals surface area contributed by atoms with Crippen molar-refractivity contribution in [3.63, 3.8) is 0 Å². The molecule has 0 saturated carbocycles. The molecular formula is C22H20ClN3O5S. The highest BCUT2D eigenvalue weighted by atomic mass is 35.5. The lowest BCUT2D eigenvalue weighted by Gasteiger charge is -2.26. The molecule has 1 N–H and O–H groups in total. The maximum atomic E-state index is 13.1. The van der Waals surface area contributed by atoms with Crippen LogP contribution in [0.1, 0.15) is 10.4 Å². The number of anilines is 1. The molecule has 0 radical (unpaired) electrons. The van der Waals surface area contributed by atoms with Crippen LogP contribution in [0, 0.1) is 0 Å². The molecule has 1 aliphatic rings. The molecule has 0 aliphatic carbocycles. The minimum atomic E-state index is -3.77. The molecule has 0 spiro atoms. The van der Waals surface area contributed by atoms with Gasteiger partial charge in [0.25, 0.3) is 5.91 Å². The van der Waals surface area contributed by atoms with Gasteiger partial charge in [0, 0.05) is 19.3 Å². The quantitative estimate of drug-likeness (QED) is 0.547. The topological polar surface area (TPSA) is 97.8 Å². The standard InChI is InChI=1S/C22H20ClN3O5S/c23-21-18(7-4-10-24-21)22(27)25-19-15-17(32(28,29)26-11-13-30-14-12-26)8-9-20(19)31-16-5-2-1-3-6-16/h1-10,15H,11-14H2,(H,25,27). The molecule has 1 fully saturated rings. The third kappa shape index (κ3) is 4.91. The van der Waals surface area contributed by atoms with Gasteiger partial charge in [-0.15, -0.1) is 0 Å². The number of morpholine rings is 1. The Kier molecular flexibility index (Phi) is 6.71. The predicted molar refractivity (Wildman–Crippen MR) is 120 cm³/mol. The maximum absolute atomic E-state index is 13.1. The van der Waals surface area contributed by atoms with Gasteiger partial charge in [0.1, 0.15) is 10.9 Å². The minimum Gasteiger partial charge on any atom is -0.455 e. The number of nitrogens with one attached hydrogen (secondary N) is 1. The molecule has 166 valence electrons. The summed E-state index contributed by atoms with van der Waals surface area (Å²) in [7, 11) is -3.77. The van der Waals surface area contributed by atoms with Crippen LogP contribution in [-0.2, 0) is 14.8 Å². The molecule has 1 amide bonds. The highest BCUT2D eigenvalue weighted by molar-refractivity contribution is 7.89. The van der Waals surface area contributed by atoms with Gasteiger partial charge in [-0.05, 0) is 42.5 Å². The molecule has 2 aromatic carbocycles. The third-order valence-corrected chi connectivity index (χ3v) is 6.98. The molecule has 8 nitrogen and oxygen atoms in total. The molecule has 0 atom stereocenters. The van der Waals surface area contributed by atoms with E-state index < -0.39 is 15.9 Å². The third-order valence-electron chi connectivity index (χ3n) is 4.78. The second-order valence-electron chi connectivity index (χ2n) is 6.89. The maximum Gasteiger partial charge on any atom is 0.258 e. The van der Waals surface area contributed by atoms with Crippen LogP contribution >= 0.6 is 11.6 Å². The molecule has 10 heteroatoms. The molecule has 1 saturated heterocycles. The number of carbonyl (C=O) groups is 1. The van der Waals surface area contributed by atoms with Crippen LogP contribution in [0.25, 0.3) is 0 Å². The fourth-order valence-electron chi connectivity index (χ4n) is 3.15. The zero-order valence-electron chi connectivity index (χ0n) is 16.9. The lowest BCUT2D eigenvalue weighted by molar-refractivity contribution is 0.0730. The molecular weight excluding hydrogens is 454 g/mol. The first kappa shape index (κ1) is 22.2. The summed E-state index contributed by atoms with van der Waals surface area (Å²) in [6.45, 7) is 1.18. The molecule has 0 unspecified atom stereocenters. The summed E-state index contributed by atoms with van der Waals surface area (Å²) in [4.78, 5) is 16.8. The van der Waals surface area contributed by atoms with E-state index in [1.54, 1.807) is 30.3 Å². The van der Waals surface area contributed by atoms with E-state index in [1.165, 1.54) is 34.8 Å². The van der Waals surface area contributed by atoms with Crippen LogP contribution in [-0.4, -0.2) is 49.9 Å². The number of sulfonamides is 1. The largest absolute Gasteiger partial charge is 0.455 e. The summed E-state index contributed by atoms with van der Waals surface area (Å²) in [6, 6.07) is 16.4. The van der Waals surface area contributed by atoms with Crippen molar-refractivity contribution < 1.29 is 22.7 Å². The Labute approximate surface area is 190 Å². The van der Waals surface area contributed by atoms with Crippen LogP contribution in [0.5, 0.6) is 11.5 Å². The van der Waals surface area contributed by atoms with Gasteiger partial charge in [-0.2, -0.15) is 4.31 Å². The summed E-state index contributed by atoms with van der Waals surface area (Å²) in [6.07, 6.45) is 1.47. The van der Waals surface area contributed by atoms with Crippen LogP contribution in [0.3, 0.4) is 0 Å². The zero-order chi connectivity index (χ0) is 22.6. The molecule has 32 heavy (non-hydrogen) atoms. The van der Waals surface area contributed by atoms with Gasteiger partial charge in [0.15, 0.2) is 5.75 Å². The number of para-hydroxylation sites is 1. The van der Waals surface area contributed by atoms with Crippen molar-refractivity contribution in [3.05, 3.63) is 77.6 Å². The van der Waals surface area contributed by atoms with Gasteiger partial charge < -0.3 is 14.8 Å². The SMILES string of the molecule is O=C(Nc1cc(S(=O)(=O)N2CCOCC2)ccc1Oc1ccccc1)c1cccnc1Cl. The Hall–Kier alpha value is -2.98. The van der Waals surface area contributed by atoms with Crippen molar-refractivity contribution in [2.45, 2.75) is 4.90 Å². The van der Waals surface area contributed by atoms with E-state index in [1.807, 2.05) is 6.07 Å². The van der Waals surface area contributed by atoms with Crippen LogP contribution in [0.2, 0.25) is 5.15 Å². The molecule has 2 heterocycles. The number of hydrogen-bond acceptors (Lipinski definition) is 6. The van der Waals surface area contributed by atoms with Gasteiger partial charge in [-0.25, -0.2) is 13.4 Å². The van der Waals surface area contributed by atoms with Gasteiger partial charge in [0.2, 0.25) is 10.0 Å². The average molecular weight is 474 g/mol. The highest BCUT2D eigenvalue weighted by Crippen LogP contribution is 2.33. The van der Waals surface area contributed by atoms with Gasteiger partial charge in [-0.3, -0.25) is 4.79 Å². The number of nitrogens with zero attached hydrogens (tertiary/aromatic N) is 2. The summed E-state index contributed by atoms with van der Waals surface area (Å²) >= 11 is 6.04. The van der Waals surface area contributed by atoms with Crippen molar-refractivity contribution in [1.29, 1.82) is 0 Å². The van der Waals surface area contributed by atoms with E-state index in [0.29, 0.717) is 19.0 Å². The van der Waals surface area contributed by atoms with Gasteiger partial charge >= 0.3 is 0 Å². The summed E-state index contributed by atoms with van der Waals surface area (Å²) in [5, 5.41) is 2.74. The first-order valence-corrected chi connectivity index (χ1v) is 11.6. The predicted octanol–water partition coefficient (Wildman–Crippen LogP) is 3.80. The van der Waals surface area contributed by atoms with Crippen molar-refractivity contribution in [1.82, 2.24) is 9.29 Å². The number of carbonyl (C=O) groups excluding carboxylic acids is 1. The van der Waals surface area contributed by atoms with Crippen molar-refractivity contribution in [2.24, 2.45) is 0 Å². The number of ether oxygens (including phenoxy) is 2. The fourth-order valence-corrected chi connectivity index (χ4v) is 4.79. The Morgan fingerprint density at radius 2 is 1.81 bits per heavy atom. The summed E-state index contributed by atoms with van der Waals surface area (Å²) in [5.41, 5.74) is 0.342. The number of aromatic nitrogens is 1. The molecule has 1 aromatic heterocycles. The lowest BCUT2D eigenvalue weighted by Crippen LogP contribution is -2.40. The average Bonchev–Trinajstić information content (AvgIpc) is 2.81. The van der Waals surface area contributed by atoms with Crippen molar-refractivity contribution in [2.75, 3.05) is 31.6 Å². The number of benzene rings is 2. The zero-order valence-corrected chi connectivity index (χ0v) is 18.5. The number of hydrogen-bond donors (Lipinski definition) is 1. The van der Waals surface area contributed by atoms with E-state index >= 15 is 0 Å². The van der Waals surface area contributed by atoms with Crippen molar-refractivity contribution in [3.8, 4) is 11.5 Å². The number of amides is 1. The Morgan fingerprint density at radius 3 is 2.53 bits per heavy atom. The smallest absolute Gasteiger partial charge is 0.258 e. The molecule has 3 aromatic rings. The van der Waals surface area contributed by atoms with Crippen LogP contribution in [0.4, 0.5) is 5.69 Å². The number of rotatable bonds is 6. The normalized spacial score (nSPS) is 14.7. The van der Waals surface area contributed by atoms with Crippen LogP contribution in [0.15, 0.2) is 71.8 Å². The van der Waals surface area contributed by atoms with E-state index in [0.717, 1.165) is 0 Å². The first-order valence-electron chi connectivity index (χ1n) is 9.82. The van der Waals surface area contributed by atoms with E-state index in [9.17, 15) is 13.2 Å². The number of pyridine rings is 1. The summed E-state index contributed by atoms with van der Waals surface area (Å²) in [5.74, 6) is 0.276. The van der Waals surface area contributed by atoms with Crippen LogP contribution < -0.4 is 10.1 Å². The minimum absolute atomic E-state index is 0.0346. The fraction of sp³-hybridized carbons (Fsp3) is 0.182. The summed E-state index contributed by atoms with van der Waals surface area (Å²) < 4.78 is 38.7. The van der Waals surface area contributed by atoms with E-state index in [4.69, 9.17) is 21.1 Å². The second kappa shape index (κ2) is 9.66. The van der Waals surface area contributed by atoms with E-state index in [-0.39, 0.29) is 40.1 Å². The van der Waals surface area contributed by atoms with E-state index in [2.05, 4.69) is 10.3 Å². The highest BCUT2D eigenvalue weighted by Gasteiger charge is 2.27. The molecule has 0 bridgehead atoms.